The number of carbonyl (C=O) groups is 1. The highest BCUT2D eigenvalue weighted by atomic mass is 16.5. The number of Topliss-reactive ketones (excluding diaryl/α,β-unsaturated/α-hetero) is 1. The van der Waals surface area contributed by atoms with Crippen LogP contribution in [-0.4, -0.2) is 17.0 Å². The van der Waals surface area contributed by atoms with Gasteiger partial charge in [-0.3, -0.25) is 4.79 Å². The Labute approximate surface area is 129 Å². The molecule has 0 amide bonds. The van der Waals surface area contributed by atoms with Gasteiger partial charge < -0.3 is 4.74 Å². The van der Waals surface area contributed by atoms with Crippen LogP contribution in [0, 0.1) is 22.7 Å². The minimum atomic E-state index is -0.454. The fourth-order valence-corrected chi connectivity index (χ4v) is 7.00. The van der Waals surface area contributed by atoms with E-state index in [1.165, 1.54) is 32.1 Å². The van der Waals surface area contributed by atoms with Gasteiger partial charge in [0.25, 0.3) is 0 Å². The van der Waals surface area contributed by atoms with Crippen LogP contribution in [0.1, 0.15) is 79.1 Å². The summed E-state index contributed by atoms with van der Waals surface area (Å²) in [4.78, 5) is 12.5. The van der Waals surface area contributed by atoms with Gasteiger partial charge in [0.1, 0.15) is 5.60 Å². The van der Waals surface area contributed by atoms with Crippen molar-refractivity contribution in [2.75, 3.05) is 0 Å². The molecule has 4 rings (SSSR count). The molecule has 0 N–H and O–H groups in total. The molecule has 2 aliphatic heterocycles. The fraction of sp³-hybridized carbons (Fsp3) is 0.947. The van der Waals surface area contributed by atoms with Crippen LogP contribution >= 0.6 is 0 Å². The molecule has 4 aliphatic rings. The maximum atomic E-state index is 12.5. The topological polar surface area (TPSA) is 26.3 Å². The first-order valence-electron chi connectivity index (χ1n) is 8.95. The second-order valence-corrected chi connectivity index (χ2v) is 9.53. The molecule has 5 atom stereocenters. The highest BCUT2D eigenvalue weighted by Gasteiger charge is 2.67. The molecule has 4 fully saturated rings. The van der Waals surface area contributed by atoms with E-state index in [1.807, 2.05) is 6.92 Å². The maximum absolute atomic E-state index is 12.5. The van der Waals surface area contributed by atoms with E-state index in [2.05, 4.69) is 20.8 Å². The zero-order valence-electron chi connectivity index (χ0n) is 14.1. The first-order chi connectivity index (χ1) is 9.72. The summed E-state index contributed by atoms with van der Waals surface area (Å²) in [5.74, 6) is 1.78. The van der Waals surface area contributed by atoms with E-state index in [0.29, 0.717) is 29.0 Å². The molecule has 2 nitrogen and oxygen atoms in total. The molecule has 2 saturated carbocycles. The Balaban J connectivity index is 1.75. The number of fused-ring (bicyclic) bond motifs is 3. The molecule has 2 bridgehead atoms. The lowest BCUT2D eigenvalue weighted by Crippen LogP contribution is -2.60. The van der Waals surface area contributed by atoms with Crippen LogP contribution in [0.15, 0.2) is 0 Å². The third kappa shape index (κ3) is 1.66. The zero-order valence-corrected chi connectivity index (χ0v) is 14.1. The van der Waals surface area contributed by atoms with Crippen LogP contribution in [0.25, 0.3) is 0 Å². The van der Waals surface area contributed by atoms with E-state index in [1.54, 1.807) is 0 Å². The van der Waals surface area contributed by atoms with Crippen molar-refractivity contribution in [3.63, 3.8) is 0 Å². The van der Waals surface area contributed by atoms with Crippen molar-refractivity contribution in [3.05, 3.63) is 0 Å². The second-order valence-electron chi connectivity index (χ2n) is 9.53. The van der Waals surface area contributed by atoms with Crippen molar-refractivity contribution < 1.29 is 9.53 Å². The van der Waals surface area contributed by atoms with Crippen LogP contribution in [0.5, 0.6) is 0 Å². The van der Waals surface area contributed by atoms with Gasteiger partial charge >= 0.3 is 0 Å². The Bertz CT molecular complexity index is 496. The third-order valence-corrected chi connectivity index (χ3v) is 7.95. The summed E-state index contributed by atoms with van der Waals surface area (Å²) in [6, 6.07) is 0. The molecule has 2 aliphatic carbocycles. The highest BCUT2D eigenvalue weighted by molar-refractivity contribution is 5.90. The van der Waals surface area contributed by atoms with Crippen molar-refractivity contribution in [2.24, 2.45) is 22.7 Å². The van der Waals surface area contributed by atoms with Crippen molar-refractivity contribution in [2.45, 2.75) is 90.3 Å². The minimum Gasteiger partial charge on any atom is -0.360 e. The van der Waals surface area contributed by atoms with Gasteiger partial charge in [-0.2, -0.15) is 0 Å². The normalized spacial score (nSPS) is 55.0. The predicted octanol–water partition coefficient (Wildman–Crippen LogP) is 4.51. The van der Waals surface area contributed by atoms with Gasteiger partial charge in [0, 0.05) is 6.42 Å². The molecule has 118 valence electrons. The Morgan fingerprint density at radius 1 is 0.952 bits per heavy atom. The van der Waals surface area contributed by atoms with E-state index in [4.69, 9.17) is 4.74 Å². The number of carbonyl (C=O) groups excluding carboxylic acids is 1. The van der Waals surface area contributed by atoms with Crippen LogP contribution in [0.3, 0.4) is 0 Å². The van der Waals surface area contributed by atoms with Crippen LogP contribution in [0.4, 0.5) is 0 Å². The van der Waals surface area contributed by atoms with Crippen molar-refractivity contribution >= 4 is 5.78 Å². The number of ketones is 1. The second kappa shape index (κ2) is 3.93. The standard InChI is InChI=1S/C19H30O2/c1-16(2)8-5-9-17(3)13(16)7-11-19-12-15(20)18(4,21-19)10-6-14(17)19/h13-14H,5-12H2,1-4H3/t13?,14?,17-,18-,19-/m0/s1. The lowest BCUT2D eigenvalue weighted by molar-refractivity contribution is -0.237. The monoisotopic (exact) mass is 290 g/mol. The van der Waals surface area contributed by atoms with E-state index in [9.17, 15) is 4.79 Å². The number of rotatable bonds is 0. The van der Waals surface area contributed by atoms with Gasteiger partial charge in [-0.1, -0.05) is 27.2 Å². The smallest absolute Gasteiger partial charge is 0.167 e. The highest BCUT2D eigenvalue weighted by Crippen LogP contribution is 2.68. The Morgan fingerprint density at radius 3 is 2.43 bits per heavy atom. The molecule has 0 aromatic heterocycles. The van der Waals surface area contributed by atoms with E-state index in [-0.39, 0.29) is 5.60 Å². The fourth-order valence-electron chi connectivity index (χ4n) is 7.00. The molecule has 2 unspecified atom stereocenters. The molecule has 0 radical (unpaired) electrons. The number of hydrogen-bond acceptors (Lipinski definition) is 2. The van der Waals surface area contributed by atoms with Gasteiger partial charge in [-0.15, -0.1) is 0 Å². The summed E-state index contributed by atoms with van der Waals surface area (Å²) in [6.45, 7) is 9.51. The molecule has 2 saturated heterocycles. The zero-order chi connectivity index (χ0) is 15.1. The number of hydrogen-bond donors (Lipinski definition) is 0. The van der Waals surface area contributed by atoms with Crippen LogP contribution in [0.2, 0.25) is 0 Å². The van der Waals surface area contributed by atoms with Crippen molar-refractivity contribution in [3.8, 4) is 0 Å². The summed E-state index contributed by atoms with van der Waals surface area (Å²) in [5, 5.41) is 0. The lowest BCUT2D eigenvalue weighted by atomic mass is 9.44. The molecule has 21 heavy (non-hydrogen) atoms. The van der Waals surface area contributed by atoms with Gasteiger partial charge in [0.05, 0.1) is 5.60 Å². The maximum Gasteiger partial charge on any atom is 0.167 e. The van der Waals surface area contributed by atoms with Gasteiger partial charge in [0.2, 0.25) is 0 Å². The molecular weight excluding hydrogens is 260 g/mol. The average Bonchev–Trinajstić information content (AvgIpc) is 2.54. The Hall–Kier alpha value is -0.370. The lowest BCUT2D eigenvalue weighted by Gasteiger charge is -2.63. The van der Waals surface area contributed by atoms with E-state index >= 15 is 0 Å². The van der Waals surface area contributed by atoms with Gasteiger partial charge in [-0.25, -0.2) is 0 Å². The van der Waals surface area contributed by atoms with E-state index < -0.39 is 5.60 Å². The van der Waals surface area contributed by atoms with Crippen molar-refractivity contribution in [1.29, 1.82) is 0 Å². The van der Waals surface area contributed by atoms with Crippen LogP contribution in [-0.2, 0) is 9.53 Å². The van der Waals surface area contributed by atoms with Crippen molar-refractivity contribution in [1.82, 2.24) is 0 Å². The molecule has 1 spiro atoms. The summed E-state index contributed by atoms with van der Waals surface area (Å²) in [7, 11) is 0. The average molecular weight is 290 g/mol. The summed E-state index contributed by atoms with van der Waals surface area (Å²) in [6.07, 6.45) is 9.25. The van der Waals surface area contributed by atoms with Gasteiger partial charge in [-0.05, 0) is 68.1 Å². The summed E-state index contributed by atoms with van der Waals surface area (Å²) in [5.41, 5.74) is 0.274. The molecular formula is C19H30O2. The van der Waals surface area contributed by atoms with Crippen LogP contribution < -0.4 is 0 Å². The Morgan fingerprint density at radius 2 is 1.67 bits per heavy atom. The Kier molecular flexibility index (Phi) is 2.67. The minimum absolute atomic E-state index is 0.108. The largest absolute Gasteiger partial charge is 0.360 e. The molecule has 2 heterocycles. The number of ether oxygens (including phenoxy) is 1. The van der Waals surface area contributed by atoms with Gasteiger partial charge in [0.15, 0.2) is 5.78 Å². The first kappa shape index (κ1) is 14.2. The molecule has 0 aromatic carbocycles. The molecule has 0 aromatic rings. The predicted molar refractivity (Wildman–Crippen MR) is 83.0 cm³/mol. The SMILES string of the molecule is CC1(C)CCC[C@@]2(C)C1CC[C@]13CC(=O)[C@](C)(CCC12)O3. The van der Waals surface area contributed by atoms with E-state index in [0.717, 1.165) is 18.8 Å². The summed E-state index contributed by atoms with van der Waals surface area (Å²) >= 11 is 0. The molecule has 2 heteroatoms. The first-order valence-corrected chi connectivity index (χ1v) is 8.95. The third-order valence-electron chi connectivity index (χ3n) is 7.95. The quantitative estimate of drug-likeness (QED) is 0.656. The summed E-state index contributed by atoms with van der Waals surface area (Å²) < 4.78 is 6.52.